The number of anilines is 3. The Kier molecular flexibility index (Phi) is 6.55. The number of fused-ring (bicyclic) bond motifs is 2. The molecule has 0 radical (unpaired) electrons. The molecule has 1 fully saturated rings. The van der Waals surface area contributed by atoms with Crippen LogP contribution in [0.1, 0.15) is 54.0 Å². The molecule has 2 aromatic carbocycles. The lowest BCUT2D eigenvalue weighted by Crippen LogP contribution is -2.28. The number of nitrogens with zero attached hydrogens (tertiary/aromatic N) is 4. The largest absolute Gasteiger partial charge is 0.395 e. The molecular formula is C31H36N6O. The number of nitriles is 1. The standard InChI is InChI=1S/C31H36N6O/c1-31(19-38)18-34-29-25(17-32)14-24(15-26(29)31)27-7-10-33-30(35-27)36-28-16-22-9-12-37(2)11-8-21(22)13-23(28)6-5-20-3-4-20/h7,10,13-16,20,34,38H,3-6,8-9,11-12,18-19H2,1-2H3,(H,33,35,36). The molecule has 0 spiro atoms. The zero-order valence-electron chi connectivity index (χ0n) is 22.3. The Morgan fingerprint density at radius 2 is 1.97 bits per heavy atom. The number of aromatic nitrogens is 2. The summed E-state index contributed by atoms with van der Waals surface area (Å²) in [6.07, 6.45) is 8.94. The topological polar surface area (TPSA) is 97.1 Å². The lowest BCUT2D eigenvalue weighted by molar-refractivity contribution is 0.219. The van der Waals surface area contributed by atoms with Crippen LogP contribution in [0, 0.1) is 17.2 Å². The fourth-order valence-electron chi connectivity index (χ4n) is 5.79. The van der Waals surface area contributed by atoms with Crippen LogP contribution in [-0.2, 0) is 24.7 Å². The second kappa shape index (κ2) is 10.0. The third-order valence-electron chi connectivity index (χ3n) is 8.58. The molecule has 3 heterocycles. The Balaban J connectivity index is 1.34. The van der Waals surface area contributed by atoms with E-state index in [0.717, 1.165) is 66.5 Å². The maximum atomic E-state index is 10.1. The molecule has 0 amide bonds. The summed E-state index contributed by atoms with van der Waals surface area (Å²) in [5, 5.41) is 26.8. The van der Waals surface area contributed by atoms with E-state index in [1.807, 2.05) is 19.1 Å². The van der Waals surface area contributed by atoms with Crippen LogP contribution < -0.4 is 10.6 Å². The van der Waals surface area contributed by atoms with Gasteiger partial charge in [-0.25, -0.2) is 9.97 Å². The minimum atomic E-state index is -0.433. The maximum absolute atomic E-state index is 10.1. The van der Waals surface area contributed by atoms with Gasteiger partial charge in [0.05, 0.1) is 23.6 Å². The van der Waals surface area contributed by atoms with Crippen LogP contribution in [0.5, 0.6) is 0 Å². The van der Waals surface area contributed by atoms with E-state index in [2.05, 4.69) is 51.8 Å². The van der Waals surface area contributed by atoms with Gasteiger partial charge in [-0.3, -0.25) is 0 Å². The highest BCUT2D eigenvalue weighted by Gasteiger charge is 2.36. The number of aliphatic hydroxyl groups excluding tert-OH is 1. The average molecular weight is 509 g/mol. The summed E-state index contributed by atoms with van der Waals surface area (Å²) >= 11 is 0. The smallest absolute Gasteiger partial charge is 0.227 e. The summed E-state index contributed by atoms with van der Waals surface area (Å²) < 4.78 is 0. The first kappa shape index (κ1) is 24.8. The van der Waals surface area contributed by atoms with Gasteiger partial charge in [0.25, 0.3) is 0 Å². The Bertz CT molecular complexity index is 1410. The average Bonchev–Trinajstić information content (AvgIpc) is 3.73. The lowest BCUT2D eigenvalue weighted by atomic mass is 9.83. The van der Waals surface area contributed by atoms with Gasteiger partial charge in [0, 0.05) is 42.5 Å². The molecule has 196 valence electrons. The molecule has 1 aliphatic carbocycles. The number of aliphatic hydroxyl groups is 1. The number of hydrogen-bond donors (Lipinski definition) is 3. The Morgan fingerprint density at radius 1 is 1.18 bits per heavy atom. The quantitative estimate of drug-likeness (QED) is 0.421. The fraction of sp³-hybridized carbons (Fsp3) is 0.452. The van der Waals surface area contributed by atoms with Gasteiger partial charge >= 0.3 is 0 Å². The van der Waals surface area contributed by atoms with E-state index < -0.39 is 5.41 Å². The van der Waals surface area contributed by atoms with Crippen molar-refractivity contribution < 1.29 is 5.11 Å². The van der Waals surface area contributed by atoms with Crippen molar-refractivity contribution in [3.05, 3.63) is 64.3 Å². The van der Waals surface area contributed by atoms with Crippen molar-refractivity contribution in [3.8, 4) is 17.3 Å². The number of aryl methyl sites for hydroxylation is 1. The van der Waals surface area contributed by atoms with Gasteiger partial charge in [-0.2, -0.15) is 5.26 Å². The van der Waals surface area contributed by atoms with E-state index in [-0.39, 0.29) is 6.61 Å². The molecule has 7 nitrogen and oxygen atoms in total. The van der Waals surface area contributed by atoms with E-state index in [1.165, 1.54) is 36.0 Å². The van der Waals surface area contributed by atoms with Crippen molar-refractivity contribution in [1.29, 1.82) is 5.26 Å². The normalized spacial score (nSPS) is 20.7. The summed E-state index contributed by atoms with van der Waals surface area (Å²) in [5.41, 5.74) is 8.87. The molecule has 0 bridgehead atoms. The Labute approximate surface area is 224 Å². The molecule has 3 aromatic rings. The minimum absolute atomic E-state index is 0.00958. The molecular weight excluding hydrogens is 472 g/mol. The zero-order chi connectivity index (χ0) is 26.3. The Morgan fingerprint density at radius 3 is 2.71 bits per heavy atom. The molecule has 38 heavy (non-hydrogen) atoms. The first-order valence-electron chi connectivity index (χ1n) is 13.8. The molecule has 1 aromatic heterocycles. The summed E-state index contributed by atoms with van der Waals surface area (Å²) in [6, 6.07) is 12.9. The predicted molar refractivity (Wildman–Crippen MR) is 151 cm³/mol. The van der Waals surface area contributed by atoms with Gasteiger partial charge in [-0.15, -0.1) is 0 Å². The van der Waals surface area contributed by atoms with Gasteiger partial charge in [0.1, 0.15) is 6.07 Å². The van der Waals surface area contributed by atoms with Crippen LogP contribution in [0.25, 0.3) is 11.3 Å². The van der Waals surface area contributed by atoms with Gasteiger partial charge in [-0.05, 0) is 85.2 Å². The number of nitrogens with one attached hydrogen (secondary N) is 2. The number of hydrogen-bond acceptors (Lipinski definition) is 7. The van der Waals surface area contributed by atoms with Crippen molar-refractivity contribution in [1.82, 2.24) is 14.9 Å². The molecule has 1 atom stereocenters. The summed E-state index contributed by atoms with van der Waals surface area (Å²) in [6.45, 7) is 4.80. The van der Waals surface area contributed by atoms with Gasteiger partial charge < -0.3 is 20.6 Å². The molecule has 3 aliphatic rings. The molecule has 2 aliphatic heterocycles. The lowest BCUT2D eigenvalue weighted by Gasteiger charge is -2.21. The summed E-state index contributed by atoms with van der Waals surface area (Å²) in [5.74, 6) is 1.43. The summed E-state index contributed by atoms with van der Waals surface area (Å²) in [4.78, 5) is 11.9. The van der Waals surface area contributed by atoms with Gasteiger partial charge in [-0.1, -0.05) is 25.8 Å². The van der Waals surface area contributed by atoms with E-state index in [4.69, 9.17) is 4.98 Å². The highest BCUT2D eigenvalue weighted by Crippen LogP contribution is 2.41. The van der Waals surface area contributed by atoms with Gasteiger partial charge in [0.15, 0.2) is 0 Å². The van der Waals surface area contributed by atoms with E-state index in [9.17, 15) is 10.4 Å². The molecule has 1 unspecified atom stereocenters. The van der Waals surface area contributed by atoms with Crippen molar-refractivity contribution in [2.45, 2.75) is 50.9 Å². The molecule has 0 saturated heterocycles. The highest BCUT2D eigenvalue weighted by molar-refractivity contribution is 5.76. The van der Waals surface area contributed by atoms with Crippen molar-refractivity contribution in [3.63, 3.8) is 0 Å². The van der Waals surface area contributed by atoms with Crippen LogP contribution >= 0.6 is 0 Å². The predicted octanol–water partition coefficient (Wildman–Crippen LogP) is 4.81. The van der Waals surface area contributed by atoms with Crippen LogP contribution in [0.15, 0.2) is 36.5 Å². The first-order chi connectivity index (χ1) is 18.5. The Hall–Kier alpha value is -3.47. The number of benzene rings is 2. The SMILES string of the molecule is CN1CCc2cc(CCC3CC3)c(Nc3nccc(-c4cc(C#N)c5c(c4)C(C)(CO)CN5)n3)cc2CC1. The second-order valence-corrected chi connectivity index (χ2v) is 11.6. The van der Waals surface area contributed by atoms with E-state index in [1.54, 1.807) is 6.20 Å². The number of likely N-dealkylation sites (N-methyl/N-ethyl adjacent to an activating group) is 1. The fourth-order valence-corrected chi connectivity index (χ4v) is 5.79. The molecule has 3 N–H and O–H groups in total. The molecule has 6 rings (SSSR count). The molecule has 1 saturated carbocycles. The van der Waals surface area contributed by atoms with Crippen molar-refractivity contribution in [2.24, 2.45) is 5.92 Å². The van der Waals surface area contributed by atoms with Crippen molar-refractivity contribution >= 4 is 17.3 Å². The van der Waals surface area contributed by atoms with Crippen LogP contribution in [0.2, 0.25) is 0 Å². The zero-order valence-corrected chi connectivity index (χ0v) is 22.3. The third-order valence-corrected chi connectivity index (χ3v) is 8.58. The van der Waals surface area contributed by atoms with Crippen LogP contribution in [-0.4, -0.2) is 53.3 Å². The van der Waals surface area contributed by atoms with Crippen LogP contribution in [0.4, 0.5) is 17.3 Å². The van der Waals surface area contributed by atoms with Gasteiger partial charge in [0.2, 0.25) is 5.95 Å². The van der Waals surface area contributed by atoms with Crippen LogP contribution in [0.3, 0.4) is 0 Å². The summed E-state index contributed by atoms with van der Waals surface area (Å²) in [7, 11) is 2.20. The number of rotatable bonds is 7. The monoisotopic (exact) mass is 508 g/mol. The first-order valence-corrected chi connectivity index (χ1v) is 13.8. The van der Waals surface area contributed by atoms with E-state index in [0.29, 0.717) is 18.1 Å². The van der Waals surface area contributed by atoms with Crippen molar-refractivity contribution in [2.75, 3.05) is 43.9 Å². The third kappa shape index (κ3) is 4.87. The maximum Gasteiger partial charge on any atom is 0.227 e. The minimum Gasteiger partial charge on any atom is -0.395 e. The second-order valence-electron chi connectivity index (χ2n) is 11.6. The highest BCUT2D eigenvalue weighted by atomic mass is 16.3. The van der Waals surface area contributed by atoms with E-state index >= 15 is 0 Å². The molecule has 7 heteroatoms.